The van der Waals surface area contributed by atoms with E-state index in [1.165, 1.54) is 0 Å². The van der Waals surface area contributed by atoms with E-state index in [0.29, 0.717) is 18.9 Å². The van der Waals surface area contributed by atoms with E-state index in [9.17, 15) is 9.59 Å². The van der Waals surface area contributed by atoms with Crippen LogP contribution in [0.15, 0.2) is 30.3 Å². The first kappa shape index (κ1) is 19.5. The molecule has 2 atom stereocenters. The molecule has 0 bridgehead atoms. The van der Waals surface area contributed by atoms with Crippen molar-refractivity contribution in [2.75, 3.05) is 19.7 Å². The van der Waals surface area contributed by atoms with Crippen LogP contribution in [-0.4, -0.2) is 37.6 Å². The maximum Gasteiger partial charge on any atom is 0.328 e. The molecule has 1 amide bonds. The quantitative estimate of drug-likeness (QED) is 0.739. The molecule has 128 valence electrons. The van der Waals surface area contributed by atoms with E-state index in [1.807, 2.05) is 37.3 Å². The van der Waals surface area contributed by atoms with Crippen molar-refractivity contribution < 1.29 is 14.3 Å². The third-order valence-corrected chi connectivity index (χ3v) is 4.10. The highest BCUT2D eigenvalue weighted by Gasteiger charge is 2.31. The van der Waals surface area contributed by atoms with E-state index in [0.717, 1.165) is 18.7 Å². The van der Waals surface area contributed by atoms with Gasteiger partial charge in [0.05, 0.1) is 6.61 Å². The lowest BCUT2D eigenvalue weighted by atomic mass is 9.88. The van der Waals surface area contributed by atoms with E-state index in [2.05, 4.69) is 10.6 Å². The Morgan fingerprint density at radius 1 is 1.30 bits per heavy atom. The van der Waals surface area contributed by atoms with E-state index in [4.69, 9.17) is 4.74 Å². The Labute approximate surface area is 143 Å². The summed E-state index contributed by atoms with van der Waals surface area (Å²) in [7, 11) is 0. The van der Waals surface area contributed by atoms with Gasteiger partial charge in [0.2, 0.25) is 5.91 Å². The Morgan fingerprint density at radius 2 is 1.96 bits per heavy atom. The number of ether oxygens (including phenoxy) is 1. The fourth-order valence-electron chi connectivity index (χ4n) is 2.47. The van der Waals surface area contributed by atoms with Crippen LogP contribution in [0.3, 0.4) is 0 Å². The molecule has 6 heteroatoms. The Hall–Kier alpha value is -1.59. The van der Waals surface area contributed by atoms with Crippen LogP contribution in [0.4, 0.5) is 0 Å². The molecule has 2 unspecified atom stereocenters. The van der Waals surface area contributed by atoms with Crippen molar-refractivity contribution in [1.29, 1.82) is 0 Å². The number of nitrogens with one attached hydrogen (secondary N) is 2. The van der Waals surface area contributed by atoms with Gasteiger partial charge in [-0.15, -0.1) is 12.4 Å². The van der Waals surface area contributed by atoms with Crippen molar-refractivity contribution in [2.45, 2.75) is 26.3 Å². The Kier molecular flexibility index (Phi) is 8.06. The fourth-order valence-corrected chi connectivity index (χ4v) is 2.47. The number of halogens is 1. The third kappa shape index (κ3) is 5.52. The molecule has 0 aromatic heterocycles. The summed E-state index contributed by atoms with van der Waals surface area (Å²) in [4.78, 5) is 24.4. The maximum absolute atomic E-state index is 12.3. The zero-order valence-corrected chi connectivity index (χ0v) is 14.4. The van der Waals surface area contributed by atoms with Gasteiger partial charge in [-0.05, 0) is 31.5 Å². The van der Waals surface area contributed by atoms with Crippen LogP contribution in [0.5, 0.6) is 0 Å². The molecule has 1 heterocycles. The molecule has 0 aliphatic carbocycles. The molecule has 1 saturated heterocycles. The third-order valence-electron chi connectivity index (χ3n) is 4.10. The van der Waals surface area contributed by atoms with Crippen LogP contribution in [0.2, 0.25) is 0 Å². The number of carbonyl (C=O) groups excluding carboxylic acids is 2. The van der Waals surface area contributed by atoms with Gasteiger partial charge in [-0.3, -0.25) is 4.79 Å². The zero-order valence-electron chi connectivity index (χ0n) is 13.6. The Morgan fingerprint density at radius 3 is 2.48 bits per heavy atom. The van der Waals surface area contributed by atoms with Crippen molar-refractivity contribution >= 4 is 24.3 Å². The fraction of sp³-hybridized carbons (Fsp3) is 0.529. The average molecular weight is 341 g/mol. The molecule has 23 heavy (non-hydrogen) atoms. The van der Waals surface area contributed by atoms with Crippen LogP contribution in [0.1, 0.15) is 19.4 Å². The second kappa shape index (κ2) is 9.53. The molecular weight excluding hydrogens is 316 g/mol. The summed E-state index contributed by atoms with van der Waals surface area (Å²) < 4.78 is 5.09. The molecule has 1 aliphatic heterocycles. The van der Waals surface area contributed by atoms with Gasteiger partial charge in [0.25, 0.3) is 0 Å². The van der Waals surface area contributed by atoms with Gasteiger partial charge >= 0.3 is 5.97 Å². The molecule has 0 saturated carbocycles. The van der Waals surface area contributed by atoms with Crippen LogP contribution < -0.4 is 10.6 Å². The normalized spacial score (nSPS) is 16.4. The average Bonchev–Trinajstić information content (AvgIpc) is 2.46. The van der Waals surface area contributed by atoms with Gasteiger partial charge in [-0.1, -0.05) is 37.3 Å². The summed E-state index contributed by atoms with van der Waals surface area (Å²) in [6, 6.07) is 9.01. The Bertz CT molecular complexity index is 506. The Balaban J connectivity index is 0.00000264. The number of amides is 1. The molecule has 1 aromatic carbocycles. The predicted octanol–water partition coefficient (Wildman–Crippen LogP) is 1.55. The molecule has 1 aliphatic rings. The number of hydrogen-bond acceptors (Lipinski definition) is 4. The summed E-state index contributed by atoms with van der Waals surface area (Å²) in [6.45, 7) is 5.70. The van der Waals surface area contributed by atoms with Crippen molar-refractivity contribution in [3.8, 4) is 0 Å². The summed E-state index contributed by atoms with van der Waals surface area (Å²) >= 11 is 0. The number of carbonyl (C=O) groups is 2. The predicted molar refractivity (Wildman–Crippen MR) is 91.5 cm³/mol. The van der Waals surface area contributed by atoms with Crippen LogP contribution in [0.25, 0.3) is 0 Å². The van der Waals surface area contributed by atoms with Gasteiger partial charge < -0.3 is 15.4 Å². The summed E-state index contributed by atoms with van der Waals surface area (Å²) in [5.74, 6) is -0.215. The van der Waals surface area contributed by atoms with E-state index < -0.39 is 6.04 Å². The standard InChI is InChI=1S/C17H24N2O3.ClH/c1-3-22-17(21)15(9-13-7-5-4-6-8-13)19-16(20)12(2)14-10-18-11-14;/h4-8,12,14-15,18H,3,9-11H2,1-2H3,(H,19,20);1H. The first-order valence-electron chi connectivity index (χ1n) is 7.83. The maximum atomic E-state index is 12.3. The van der Waals surface area contributed by atoms with Gasteiger partial charge in [-0.2, -0.15) is 0 Å². The van der Waals surface area contributed by atoms with E-state index in [1.54, 1.807) is 6.92 Å². The lowest BCUT2D eigenvalue weighted by molar-refractivity contribution is -0.148. The first-order valence-corrected chi connectivity index (χ1v) is 7.83. The highest BCUT2D eigenvalue weighted by Crippen LogP contribution is 2.16. The second-order valence-electron chi connectivity index (χ2n) is 5.71. The van der Waals surface area contributed by atoms with Crippen molar-refractivity contribution in [3.63, 3.8) is 0 Å². The monoisotopic (exact) mass is 340 g/mol. The van der Waals surface area contributed by atoms with Gasteiger partial charge in [0.15, 0.2) is 0 Å². The van der Waals surface area contributed by atoms with Crippen LogP contribution in [-0.2, 0) is 20.7 Å². The minimum atomic E-state index is -0.634. The number of esters is 1. The molecule has 0 radical (unpaired) electrons. The van der Waals surface area contributed by atoms with E-state index in [-0.39, 0.29) is 30.2 Å². The van der Waals surface area contributed by atoms with Gasteiger partial charge in [0, 0.05) is 12.3 Å². The topological polar surface area (TPSA) is 67.4 Å². The van der Waals surface area contributed by atoms with Crippen molar-refractivity contribution in [3.05, 3.63) is 35.9 Å². The SMILES string of the molecule is CCOC(=O)C(Cc1ccccc1)NC(=O)C(C)C1CNC1.Cl. The smallest absolute Gasteiger partial charge is 0.328 e. The number of hydrogen-bond donors (Lipinski definition) is 2. The first-order chi connectivity index (χ1) is 10.6. The lowest BCUT2D eigenvalue weighted by Gasteiger charge is -2.32. The summed E-state index contributed by atoms with van der Waals surface area (Å²) in [6.07, 6.45) is 0.445. The van der Waals surface area contributed by atoms with Crippen molar-refractivity contribution in [2.24, 2.45) is 11.8 Å². The largest absolute Gasteiger partial charge is 0.464 e. The number of rotatable bonds is 7. The molecular formula is C17H25ClN2O3. The second-order valence-corrected chi connectivity index (χ2v) is 5.71. The summed E-state index contributed by atoms with van der Waals surface area (Å²) in [5.41, 5.74) is 0.999. The van der Waals surface area contributed by atoms with E-state index >= 15 is 0 Å². The van der Waals surface area contributed by atoms with Gasteiger partial charge in [-0.25, -0.2) is 4.79 Å². The summed E-state index contributed by atoms with van der Waals surface area (Å²) in [5, 5.41) is 6.02. The molecule has 2 N–H and O–H groups in total. The zero-order chi connectivity index (χ0) is 15.9. The van der Waals surface area contributed by atoms with Crippen molar-refractivity contribution in [1.82, 2.24) is 10.6 Å². The number of benzene rings is 1. The van der Waals surface area contributed by atoms with Crippen LogP contribution >= 0.6 is 12.4 Å². The molecule has 0 spiro atoms. The highest BCUT2D eigenvalue weighted by molar-refractivity contribution is 5.86. The molecule has 5 nitrogen and oxygen atoms in total. The molecule has 1 fully saturated rings. The van der Waals surface area contributed by atoms with Gasteiger partial charge in [0.1, 0.15) is 6.04 Å². The van der Waals surface area contributed by atoms with Crippen LogP contribution in [0, 0.1) is 11.8 Å². The molecule has 2 rings (SSSR count). The minimum Gasteiger partial charge on any atom is -0.464 e. The highest BCUT2D eigenvalue weighted by atomic mass is 35.5. The molecule has 1 aromatic rings. The lowest BCUT2D eigenvalue weighted by Crippen LogP contribution is -2.52. The minimum absolute atomic E-state index is 0.